The average Bonchev–Trinajstić information content (AvgIpc) is 3.05. The molecule has 1 atom stereocenters. The summed E-state index contributed by atoms with van der Waals surface area (Å²) in [6.07, 6.45) is 0.273. The number of aryl methyl sites for hydroxylation is 1. The lowest BCUT2D eigenvalue weighted by molar-refractivity contribution is -0.908. The topological polar surface area (TPSA) is 46.4 Å². The molecular formula is C21H23FN3OS+. The van der Waals surface area contributed by atoms with Gasteiger partial charge in [0.25, 0.3) is 0 Å². The molecule has 2 aromatic carbocycles. The molecule has 0 radical (unpaired) electrons. The Morgan fingerprint density at radius 3 is 2.52 bits per heavy atom. The van der Waals surface area contributed by atoms with Gasteiger partial charge in [-0.25, -0.2) is 9.37 Å². The molecule has 4 nitrogen and oxygen atoms in total. The maximum absolute atomic E-state index is 13.0. The summed E-state index contributed by atoms with van der Waals surface area (Å²) in [5.74, 6) is -0.281. The Morgan fingerprint density at radius 1 is 1.11 bits per heavy atom. The molecule has 0 spiro atoms. The third-order valence-corrected chi connectivity index (χ3v) is 5.05. The van der Waals surface area contributed by atoms with E-state index in [2.05, 4.69) is 17.3 Å². The Bertz CT molecular complexity index is 891. The van der Waals surface area contributed by atoms with Crippen LogP contribution in [-0.2, 0) is 24.3 Å². The van der Waals surface area contributed by atoms with Gasteiger partial charge in [-0.15, -0.1) is 11.3 Å². The van der Waals surface area contributed by atoms with Crippen LogP contribution in [0.5, 0.6) is 0 Å². The molecule has 0 saturated carbocycles. The number of quaternary nitrogens is 1. The van der Waals surface area contributed by atoms with E-state index < -0.39 is 0 Å². The van der Waals surface area contributed by atoms with Gasteiger partial charge >= 0.3 is 0 Å². The number of rotatable bonds is 7. The second kappa shape index (κ2) is 8.88. The molecule has 3 aromatic rings. The van der Waals surface area contributed by atoms with Crippen molar-refractivity contribution in [2.24, 2.45) is 0 Å². The van der Waals surface area contributed by atoms with Crippen molar-refractivity contribution in [1.29, 1.82) is 0 Å². The summed E-state index contributed by atoms with van der Waals surface area (Å²) in [4.78, 5) is 18.0. The van der Waals surface area contributed by atoms with Crippen LogP contribution >= 0.6 is 11.3 Å². The lowest BCUT2D eigenvalue weighted by Crippen LogP contribution is -3.06. The van der Waals surface area contributed by atoms with Crippen molar-refractivity contribution >= 4 is 22.9 Å². The van der Waals surface area contributed by atoms with Gasteiger partial charge in [-0.1, -0.05) is 29.8 Å². The number of halogens is 1. The number of hydrogen-bond acceptors (Lipinski definition) is 3. The van der Waals surface area contributed by atoms with E-state index in [9.17, 15) is 9.18 Å². The third-order valence-electron chi connectivity index (χ3n) is 4.15. The lowest BCUT2D eigenvalue weighted by atomic mass is 10.2. The van der Waals surface area contributed by atoms with Crippen LogP contribution in [0.25, 0.3) is 0 Å². The quantitative estimate of drug-likeness (QED) is 0.658. The van der Waals surface area contributed by atoms with E-state index in [-0.39, 0.29) is 18.1 Å². The van der Waals surface area contributed by atoms with Crippen LogP contribution in [0.15, 0.2) is 53.9 Å². The average molecular weight is 385 g/mol. The molecule has 0 fully saturated rings. The fourth-order valence-electron chi connectivity index (χ4n) is 2.81. The molecule has 27 heavy (non-hydrogen) atoms. The van der Waals surface area contributed by atoms with Crippen LogP contribution in [0.1, 0.15) is 21.8 Å². The summed E-state index contributed by atoms with van der Waals surface area (Å²) in [6, 6.07) is 14.3. The highest BCUT2D eigenvalue weighted by atomic mass is 32.1. The van der Waals surface area contributed by atoms with Gasteiger partial charge in [0.05, 0.1) is 13.5 Å². The van der Waals surface area contributed by atoms with Crippen LogP contribution in [0.2, 0.25) is 0 Å². The summed E-state index contributed by atoms with van der Waals surface area (Å²) in [5.41, 5.74) is 4.01. The van der Waals surface area contributed by atoms with E-state index >= 15 is 0 Å². The summed E-state index contributed by atoms with van der Waals surface area (Å²) >= 11 is 1.51. The van der Waals surface area contributed by atoms with E-state index in [0.717, 1.165) is 40.6 Å². The smallest absolute Gasteiger partial charge is 0.231 e. The highest BCUT2D eigenvalue weighted by molar-refractivity contribution is 7.09. The maximum atomic E-state index is 13.0. The fourth-order valence-corrected chi connectivity index (χ4v) is 3.61. The first-order chi connectivity index (χ1) is 13.0. The van der Waals surface area contributed by atoms with Crippen LogP contribution in [0.4, 0.5) is 10.1 Å². The van der Waals surface area contributed by atoms with Crippen molar-refractivity contribution in [3.8, 4) is 0 Å². The first-order valence-electron chi connectivity index (χ1n) is 8.83. The molecule has 1 unspecified atom stereocenters. The van der Waals surface area contributed by atoms with Gasteiger partial charge in [-0.2, -0.15) is 0 Å². The standard InChI is InChI=1S/C21H22FN3OS/c1-15-3-9-18(10-4-15)23-20(26)11-21-24-19(14-27-21)13-25(2)12-16-5-7-17(22)8-6-16/h3-10,14H,11-13H2,1-2H3,(H,23,26)/p+1. The van der Waals surface area contributed by atoms with Crippen molar-refractivity contribution in [1.82, 2.24) is 4.98 Å². The van der Waals surface area contributed by atoms with E-state index in [0.29, 0.717) is 0 Å². The van der Waals surface area contributed by atoms with Crippen LogP contribution in [-0.4, -0.2) is 17.9 Å². The van der Waals surface area contributed by atoms with Gasteiger partial charge in [0, 0.05) is 16.6 Å². The zero-order valence-electron chi connectivity index (χ0n) is 15.5. The first-order valence-corrected chi connectivity index (χ1v) is 9.71. The molecular weight excluding hydrogens is 361 g/mol. The lowest BCUT2D eigenvalue weighted by Gasteiger charge is -2.12. The van der Waals surface area contributed by atoms with Gasteiger partial charge < -0.3 is 10.2 Å². The minimum atomic E-state index is -0.218. The van der Waals surface area contributed by atoms with Crippen LogP contribution < -0.4 is 10.2 Å². The molecule has 0 aliphatic heterocycles. The second-order valence-electron chi connectivity index (χ2n) is 6.76. The number of aromatic nitrogens is 1. The Kier molecular flexibility index (Phi) is 6.32. The van der Waals surface area contributed by atoms with Gasteiger partial charge in [-0.05, 0) is 31.2 Å². The largest absolute Gasteiger partial charge is 0.329 e. The van der Waals surface area contributed by atoms with Crippen molar-refractivity contribution in [2.75, 3.05) is 12.4 Å². The predicted octanol–water partition coefficient (Wildman–Crippen LogP) is 2.99. The normalized spacial score (nSPS) is 12.0. The van der Waals surface area contributed by atoms with Gasteiger partial charge in [0.1, 0.15) is 29.6 Å². The SMILES string of the molecule is Cc1ccc(NC(=O)Cc2nc(C[NH+](C)Cc3ccc(F)cc3)cs2)cc1. The first kappa shape index (κ1) is 19.2. The number of carbonyl (C=O) groups is 1. The zero-order chi connectivity index (χ0) is 19.2. The van der Waals surface area contributed by atoms with E-state index in [4.69, 9.17) is 0 Å². The molecule has 0 aliphatic carbocycles. The van der Waals surface area contributed by atoms with Gasteiger partial charge in [0.2, 0.25) is 5.91 Å². The summed E-state index contributed by atoms with van der Waals surface area (Å²) in [7, 11) is 2.08. The Morgan fingerprint density at radius 2 is 1.81 bits per heavy atom. The number of carbonyl (C=O) groups excluding carboxylic acids is 1. The minimum Gasteiger partial charge on any atom is -0.329 e. The molecule has 140 valence electrons. The highest BCUT2D eigenvalue weighted by Gasteiger charge is 2.12. The molecule has 0 saturated heterocycles. The van der Waals surface area contributed by atoms with Crippen molar-refractivity contribution in [2.45, 2.75) is 26.4 Å². The molecule has 0 bridgehead atoms. The molecule has 1 amide bonds. The second-order valence-corrected chi connectivity index (χ2v) is 7.70. The predicted molar refractivity (Wildman–Crippen MR) is 106 cm³/mol. The molecule has 1 aromatic heterocycles. The van der Waals surface area contributed by atoms with Gasteiger partial charge in [0.15, 0.2) is 0 Å². The third kappa shape index (κ3) is 5.98. The number of nitrogens with zero attached hydrogens (tertiary/aromatic N) is 1. The van der Waals surface area contributed by atoms with Crippen molar-refractivity contribution in [3.63, 3.8) is 0 Å². The molecule has 3 rings (SSSR count). The molecule has 1 heterocycles. The summed E-state index contributed by atoms with van der Waals surface area (Å²) in [6.45, 7) is 3.56. The Labute approximate surface area is 162 Å². The number of amides is 1. The van der Waals surface area contributed by atoms with Crippen LogP contribution in [0.3, 0.4) is 0 Å². The van der Waals surface area contributed by atoms with Crippen molar-refractivity contribution < 1.29 is 14.1 Å². The summed E-state index contributed by atoms with van der Waals surface area (Å²) in [5, 5.41) is 5.71. The van der Waals surface area contributed by atoms with Crippen molar-refractivity contribution in [3.05, 3.63) is 81.6 Å². The van der Waals surface area contributed by atoms with E-state index in [1.807, 2.05) is 36.6 Å². The number of benzene rings is 2. The monoisotopic (exact) mass is 384 g/mol. The Balaban J connectivity index is 1.50. The van der Waals surface area contributed by atoms with Crippen LogP contribution in [0, 0.1) is 12.7 Å². The number of nitrogens with one attached hydrogen (secondary N) is 2. The summed E-state index contributed by atoms with van der Waals surface area (Å²) < 4.78 is 13.0. The van der Waals surface area contributed by atoms with E-state index in [1.165, 1.54) is 28.4 Å². The number of anilines is 1. The Hall–Kier alpha value is -2.57. The fraction of sp³-hybridized carbons (Fsp3) is 0.238. The number of thiazole rings is 1. The molecule has 6 heteroatoms. The minimum absolute atomic E-state index is 0.0632. The molecule has 0 aliphatic rings. The van der Waals surface area contributed by atoms with E-state index in [1.54, 1.807) is 12.1 Å². The maximum Gasteiger partial charge on any atom is 0.231 e. The highest BCUT2D eigenvalue weighted by Crippen LogP contribution is 2.13. The molecule has 2 N–H and O–H groups in total. The zero-order valence-corrected chi connectivity index (χ0v) is 16.3. The number of hydrogen-bond donors (Lipinski definition) is 2. The van der Waals surface area contributed by atoms with Gasteiger partial charge in [-0.3, -0.25) is 4.79 Å².